The molecule has 0 fully saturated rings. The maximum atomic E-state index is 12.4. The maximum absolute atomic E-state index is 12.4. The molecule has 0 saturated carbocycles. The highest BCUT2D eigenvalue weighted by atomic mass is 16.4. The first-order valence-corrected chi connectivity index (χ1v) is 9.78. The van der Waals surface area contributed by atoms with Crippen molar-refractivity contribution in [2.75, 3.05) is 5.73 Å². The predicted molar refractivity (Wildman–Crippen MR) is 113 cm³/mol. The van der Waals surface area contributed by atoms with Gasteiger partial charge in [-0.1, -0.05) is 32.4 Å². The monoisotopic (exact) mass is 411 g/mol. The molecule has 0 spiro atoms. The number of carbonyl (C=O) groups is 2. The number of nitrogen functional groups attached to an aromatic ring is 1. The first-order valence-electron chi connectivity index (χ1n) is 9.78. The molecule has 3 rings (SSSR count). The van der Waals surface area contributed by atoms with E-state index in [0.717, 1.165) is 11.1 Å². The number of carboxylic acids is 1. The van der Waals surface area contributed by atoms with E-state index in [4.69, 9.17) is 5.73 Å². The van der Waals surface area contributed by atoms with Gasteiger partial charge < -0.3 is 21.1 Å². The normalized spacial score (nSPS) is 13.1. The number of benzene rings is 1. The van der Waals surface area contributed by atoms with Crippen molar-refractivity contribution in [2.24, 2.45) is 5.92 Å². The highest BCUT2D eigenvalue weighted by molar-refractivity contribution is 5.96. The van der Waals surface area contributed by atoms with Crippen molar-refractivity contribution in [2.45, 2.75) is 39.2 Å². The average molecular weight is 411 g/mol. The molecule has 2 atom stereocenters. The van der Waals surface area contributed by atoms with E-state index in [2.05, 4.69) is 20.3 Å². The van der Waals surface area contributed by atoms with Crippen molar-refractivity contribution < 1.29 is 14.7 Å². The lowest BCUT2D eigenvalue weighted by molar-refractivity contribution is -0.140. The quantitative estimate of drug-likeness (QED) is 0.381. The third-order valence-corrected chi connectivity index (χ3v) is 5.31. The highest BCUT2D eigenvalue weighted by Crippen LogP contribution is 2.16. The van der Waals surface area contributed by atoms with Crippen LogP contribution in [0.25, 0.3) is 11.0 Å². The Morgan fingerprint density at radius 2 is 1.93 bits per heavy atom. The van der Waals surface area contributed by atoms with E-state index in [-0.39, 0.29) is 17.4 Å². The maximum Gasteiger partial charge on any atom is 0.326 e. The molecule has 2 aromatic heterocycles. The highest BCUT2D eigenvalue weighted by Gasteiger charge is 2.25. The van der Waals surface area contributed by atoms with Crippen LogP contribution in [-0.4, -0.2) is 38.0 Å². The molecule has 0 aliphatic heterocycles. The number of carboxylic acid groups (broad SMARTS) is 1. The molecule has 2 unspecified atom stereocenters. The van der Waals surface area contributed by atoms with Crippen LogP contribution < -0.4 is 16.6 Å². The number of carbonyl (C=O) groups excluding carboxylic acids is 1. The number of rotatable bonds is 8. The van der Waals surface area contributed by atoms with Crippen molar-refractivity contribution in [3.05, 3.63) is 57.5 Å². The Labute approximate surface area is 172 Å². The van der Waals surface area contributed by atoms with Gasteiger partial charge in [-0.3, -0.25) is 14.6 Å². The molecule has 9 heteroatoms. The SMILES string of the molecule is CCC(C)C(NC(=O)c1ccc(CCc2c[nH]c3nc(N)[nH]c(=O)c23)cc1)C(=O)O. The number of aromatic amines is 2. The summed E-state index contributed by atoms with van der Waals surface area (Å²) < 4.78 is 0. The van der Waals surface area contributed by atoms with Crippen molar-refractivity contribution in [3.8, 4) is 0 Å². The van der Waals surface area contributed by atoms with E-state index < -0.39 is 17.9 Å². The van der Waals surface area contributed by atoms with Crippen LogP contribution in [0.15, 0.2) is 35.3 Å². The lowest BCUT2D eigenvalue weighted by Crippen LogP contribution is -2.45. The van der Waals surface area contributed by atoms with Crippen LogP contribution in [-0.2, 0) is 17.6 Å². The van der Waals surface area contributed by atoms with Crippen molar-refractivity contribution >= 4 is 28.9 Å². The number of aryl methyl sites for hydroxylation is 2. The second-order valence-corrected chi connectivity index (χ2v) is 7.36. The van der Waals surface area contributed by atoms with Gasteiger partial charge in [-0.25, -0.2) is 4.79 Å². The second-order valence-electron chi connectivity index (χ2n) is 7.36. The summed E-state index contributed by atoms with van der Waals surface area (Å²) >= 11 is 0. The number of hydrogen-bond acceptors (Lipinski definition) is 5. The van der Waals surface area contributed by atoms with Crippen molar-refractivity contribution in [3.63, 3.8) is 0 Å². The lowest BCUT2D eigenvalue weighted by atomic mass is 9.98. The third-order valence-electron chi connectivity index (χ3n) is 5.31. The number of anilines is 1. The van der Waals surface area contributed by atoms with Gasteiger partial charge in [-0.05, 0) is 42.0 Å². The summed E-state index contributed by atoms with van der Waals surface area (Å²) in [6.45, 7) is 3.68. The van der Waals surface area contributed by atoms with Crippen LogP contribution in [0.2, 0.25) is 0 Å². The van der Waals surface area contributed by atoms with Crippen LogP contribution in [0.5, 0.6) is 0 Å². The fraction of sp³-hybridized carbons (Fsp3) is 0.333. The van der Waals surface area contributed by atoms with E-state index >= 15 is 0 Å². The molecule has 0 aliphatic rings. The van der Waals surface area contributed by atoms with Crippen LogP contribution >= 0.6 is 0 Å². The van der Waals surface area contributed by atoms with Gasteiger partial charge in [-0.15, -0.1) is 0 Å². The van der Waals surface area contributed by atoms with Gasteiger partial charge in [0.15, 0.2) is 0 Å². The van der Waals surface area contributed by atoms with E-state index in [0.29, 0.717) is 35.9 Å². The number of aromatic nitrogens is 3. The zero-order valence-corrected chi connectivity index (χ0v) is 16.9. The van der Waals surface area contributed by atoms with E-state index in [1.54, 1.807) is 25.3 Å². The molecular formula is C21H25N5O4. The van der Waals surface area contributed by atoms with Gasteiger partial charge in [0.1, 0.15) is 11.7 Å². The molecule has 2 heterocycles. The van der Waals surface area contributed by atoms with E-state index in [1.165, 1.54) is 0 Å². The topological polar surface area (TPSA) is 154 Å². The minimum absolute atomic E-state index is 0.0632. The smallest absolute Gasteiger partial charge is 0.326 e. The molecule has 1 amide bonds. The Balaban J connectivity index is 1.67. The summed E-state index contributed by atoms with van der Waals surface area (Å²) in [5.74, 6) is -1.57. The van der Waals surface area contributed by atoms with E-state index in [9.17, 15) is 19.5 Å². The summed E-state index contributed by atoms with van der Waals surface area (Å²) in [6, 6.07) is 6.06. The predicted octanol–water partition coefficient (Wildman–Crippen LogP) is 1.85. The largest absolute Gasteiger partial charge is 0.480 e. The van der Waals surface area contributed by atoms with Gasteiger partial charge >= 0.3 is 5.97 Å². The Morgan fingerprint density at radius 3 is 2.57 bits per heavy atom. The van der Waals surface area contributed by atoms with Crippen LogP contribution in [0, 0.1) is 5.92 Å². The van der Waals surface area contributed by atoms with Gasteiger partial charge in [-0.2, -0.15) is 4.98 Å². The summed E-state index contributed by atoms with van der Waals surface area (Å²) in [5.41, 5.74) is 7.94. The van der Waals surface area contributed by atoms with E-state index in [1.807, 2.05) is 19.1 Å². The number of nitrogens with one attached hydrogen (secondary N) is 3. The standard InChI is InChI=1S/C21H25N5O4/c1-3-11(2)16(20(29)30)24-18(27)13-7-4-12(5-8-13)6-9-14-10-23-17-15(14)19(28)26-21(22)25-17/h4-5,7-8,10-11,16H,3,6,9H2,1-2H3,(H,24,27)(H,29,30)(H4,22,23,25,26,28). The summed E-state index contributed by atoms with van der Waals surface area (Å²) in [5, 5.41) is 12.4. The van der Waals surface area contributed by atoms with Gasteiger partial charge in [0.25, 0.3) is 11.5 Å². The molecule has 30 heavy (non-hydrogen) atoms. The summed E-state index contributed by atoms with van der Waals surface area (Å²) in [4.78, 5) is 45.5. The van der Waals surface area contributed by atoms with Gasteiger partial charge in [0, 0.05) is 11.8 Å². The van der Waals surface area contributed by atoms with Gasteiger partial charge in [0.05, 0.1) is 5.39 Å². The van der Waals surface area contributed by atoms with Crippen molar-refractivity contribution in [1.29, 1.82) is 0 Å². The molecule has 0 radical (unpaired) electrons. The molecule has 158 valence electrons. The fourth-order valence-corrected chi connectivity index (χ4v) is 3.33. The Bertz CT molecular complexity index is 1120. The molecule has 1 aromatic carbocycles. The molecule has 3 aromatic rings. The van der Waals surface area contributed by atoms with Crippen LogP contribution in [0.1, 0.15) is 41.8 Å². The minimum atomic E-state index is -1.04. The number of amides is 1. The first kappa shape index (κ1) is 21.1. The molecule has 9 nitrogen and oxygen atoms in total. The zero-order chi connectivity index (χ0) is 21.8. The molecule has 0 aliphatic carbocycles. The molecule has 0 saturated heterocycles. The zero-order valence-electron chi connectivity index (χ0n) is 16.9. The van der Waals surface area contributed by atoms with Crippen LogP contribution in [0.4, 0.5) is 5.95 Å². The lowest BCUT2D eigenvalue weighted by Gasteiger charge is -2.20. The third kappa shape index (κ3) is 4.51. The number of H-pyrrole nitrogens is 2. The molecule has 6 N–H and O–H groups in total. The summed E-state index contributed by atoms with van der Waals surface area (Å²) in [7, 11) is 0. The number of hydrogen-bond donors (Lipinski definition) is 5. The number of nitrogens with two attached hydrogens (primary N) is 1. The number of nitrogens with zero attached hydrogens (tertiary/aromatic N) is 1. The summed E-state index contributed by atoms with van der Waals surface area (Å²) in [6.07, 6.45) is 3.66. The fourth-order valence-electron chi connectivity index (χ4n) is 3.33. The molecule has 0 bridgehead atoms. The minimum Gasteiger partial charge on any atom is -0.480 e. The van der Waals surface area contributed by atoms with Crippen molar-refractivity contribution in [1.82, 2.24) is 20.3 Å². The second kappa shape index (κ2) is 8.81. The van der Waals surface area contributed by atoms with Crippen LogP contribution in [0.3, 0.4) is 0 Å². The number of aliphatic carboxylic acids is 1. The van der Waals surface area contributed by atoms with Gasteiger partial charge in [0.2, 0.25) is 5.95 Å². The Hall–Kier alpha value is -3.62. The molecular weight excluding hydrogens is 386 g/mol. The number of fused-ring (bicyclic) bond motifs is 1. The Morgan fingerprint density at radius 1 is 1.23 bits per heavy atom. The average Bonchev–Trinajstić information content (AvgIpc) is 3.13. The first-order chi connectivity index (χ1) is 14.3. The Kier molecular flexibility index (Phi) is 6.20.